The van der Waals surface area contributed by atoms with Crippen molar-refractivity contribution in [3.63, 3.8) is 0 Å². The molecule has 0 saturated heterocycles. The minimum Gasteiger partial charge on any atom is -0.395 e. The molecule has 0 aromatic rings. The lowest BCUT2D eigenvalue weighted by molar-refractivity contribution is 0.307. The van der Waals surface area contributed by atoms with E-state index in [1.54, 1.807) is 0 Å². The van der Waals surface area contributed by atoms with Gasteiger partial charge in [-0.2, -0.15) is 4.31 Å². The molecule has 0 aliphatic rings. The van der Waals surface area contributed by atoms with Gasteiger partial charge in [-0.05, 0) is 20.3 Å². The number of sulfonamides is 1. The van der Waals surface area contributed by atoms with Crippen molar-refractivity contribution in [3.8, 4) is 0 Å². The smallest absolute Gasteiger partial charge is 0.216 e. The summed E-state index contributed by atoms with van der Waals surface area (Å²) in [6, 6.07) is -0.0310. The largest absolute Gasteiger partial charge is 0.395 e. The Morgan fingerprint density at radius 2 is 1.92 bits per heavy atom. The molecule has 0 unspecified atom stereocenters. The van der Waals surface area contributed by atoms with Crippen LogP contribution < -0.4 is 0 Å². The lowest BCUT2D eigenvalue weighted by Crippen LogP contribution is -2.39. The minimum absolute atomic E-state index is 0.0310. The molecule has 0 saturated carbocycles. The molecular weight excluding hydrogens is 190 g/mol. The standard InChI is InChI=1S/C8H19NO3S/c1-4-5-9(8(2)3)13(11,12)7-6-10/h8,10H,4-7H2,1-3H3. The predicted octanol–water partition coefficient (Wildman–Crippen LogP) is 0.429. The average Bonchev–Trinajstić information content (AvgIpc) is 1.99. The quantitative estimate of drug-likeness (QED) is 0.690. The Hall–Kier alpha value is -0.130. The van der Waals surface area contributed by atoms with Crippen molar-refractivity contribution < 1.29 is 13.5 Å². The fourth-order valence-corrected chi connectivity index (χ4v) is 2.74. The van der Waals surface area contributed by atoms with Crippen molar-refractivity contribution in [2.24, 2.45) is 0 Å². The van der Waals surface area contributed by atoms with Crippen LogP contribution in [0.4, 0.5) is 0 Å². The zero-order valence-corrected chi connectivity index (χ0v) is 9.34. The number of aliphatic hydroxyl groups excluding tert-OH is 1. The van der Waals surface area contributed by atoms with Crippen LogP contribution in [0.25, 0.3) is 0 Å². The zero-order chi connectivity index (χ0) is 10.5. The first-order chi connectivity index (χ1) is 5.95. The average molecular weight is 209 g/mol. The third-order valence-electron chi connectivity index (χ3n) is 1.73. The van der Waals surface area contributed by atoms with Crippen molar-refractivity contribution >= 4 is 10.0 Å². The molecule has 0 fully saturated rings. The molecule has 5 heteroatoms. The summed E-state index contributed by atoms with van der Waals surface area (Å²) in [6.45, 7) is 5.83. The number of nitrogens with zero attached hydrogens (tertiary/aromatic N) is 1. The van der Waals surface area contributed by atoms with Crippen molar-refractivity contribution in [1.29, 1.82) is 0 Å². The summed E-state index contributed by atoms with van der Waals surface area (Å²) in [4.78, 5) is 0. The summed E-state index contributed by atoms with van der Waals surface area (Å²) in [5.41, 5.74) is 0. The van der Waals surface area contributed by atoms with Crippen LogP contribution in [-0.2, 0) is 10.0 Å². The van der Waals surface area contributed by atoms with Gasteiger partial charge in [0.2, 0.25) is 10.0 Å². The monoisotopic (exact) mass is 209 g/mol. The highest BCUT2D eigenvalue weighted by molar-refractivity contribution is 7.89. The maximum atomic E-state index is 11.5. The molecule has 1 N–H and O–H groups in total. The van der Waals surface area contributed by atoms with Gasteiger partial charge in [-0.25, -0.2) is 8.42 Å². The first-order valence-electron chi connectivity index (χ1n) is 4.56. The summed E-state index contributed by atoms with van der Waals surface area (Å²) in [6.07, 6.45) is 0.794. The van der Waals surface area contributed by atoms with Crippen LogP contribution in [-0.4, -0.2) is 42.8 Å². The third kappa shape index (κ3) is 4.06. The molecule has 0 rings (SSSR count). The summed E-state index contributed by atoms with van der Waals surface area (Å²) in [7, 11) is -3.25. The number of hydrogen-bond acceptors (Lipinski definition) is 3. The van der Waals surface area contributed by atoms with Crippen molar-refractivity contribution in [3.05, 3.63) is 0 Å². The molecule has 0 aromatic carbocycles. The summed E-state index contributed by atoms with van der Waals surface area (Å²) >= 11 is 0. The molecule has 0 radical (unpaired) electrons. The van der Waals surface area contributed by atoms with E-state index < -0.39 is 10.0 Å². The van der Waals surface area contributed by atoms with Gasteiger partial charge in [-0.15, -0.1) is 0 Å². The first-order valence-corrected chi connectivity index (χ1v) is 6.17. The van der Waals surface area contributed by atoms with E-state index in [4.69, 9.17) is 5.11 Å². The topological polar surface area (TPSA) is 57.6 Å². The summed E-state index contributed by atoms with van der Waals surface area (Å²) < 4.78 is 24.5. The van der Waals surface area contributed by atoms with Gasteiger partial charge in [0.1, 0.15) is 0 Å². The van der Waals surface area contributed by atoms with Gasteiger partial charge >= 0.3 is 0 Å². The fraction of sp³-hybridized carbons (Fsp3) is 1.00. The summed E-state index contributed by atoms with van der Waals surface area (Å²) in [5.74, 6) is -0.175. The molecule has 0 aromatic heterocycles. The lowest BCUT2D eigenvalue weighted by atomic mass is 10.4. The number of rotatable bonds is 6. The van der Waals surface area contributed by atoms with Crippen molar-refractivity contribution in [1.82, 2.24) is 4.31 Å². The Morgan fingerprint density at radius 1 is 1.38 bits per heavy atom. The molecule has 0 aliphatic carbocycles. The molecule has 80 valence electrons. The fourth-order valence-electron chi connectivity index (χ4n) is 1.17. The van der Waals surface area contributed by atoms with E-state index in [1.807, 2.05) is 20.8 Å². The van der Waals surface area contributed by atoms with Crippen molar-refractivity contribution in [2.75, 3.05) is 18.9 Å². The van der Waals surface area contributed by atoms with Crippen LogP contribution in [0.1, 0.15) is 27.2 Å². The second kappa shape index (κ2) is 5.57. The third-order valence-corrected chi connectivity index (χ3v) is 3.74. The van der Waals surface area contributed by atoms with Crippen LogP contribution in [0.2, 0.25) is 0 Å². The number of hydrogen-bond donors (Lipinski definition) is 1. The highest BCUT2D eigenvalue weighted by Crippen LogP contribution is 2.07. The minimum atomic E-state index is -3.25. The maximum Gasteiger partial charge on any atom is 0.216 e. The molecule has 0 heterocycles. The highest BCUT2D eigenvalue weighted by Gasteiger charge is 2.22. The van der Waals surface area contributed by atoms with Gasteiger partial charge in [-0.3, -0.25) is 0 Å². The molecule has 0 spiro atoms. The molecule has 0 aliphatic heterocycles. The molecular formula is C8H19NO3S. The van der Waals surface area contributed by atoms with Gasteiger partial charge < -0.3 is 5.11 Å². The van der Waals surface area contributed by atoms with E-state index >= 15 is 0 Å². The molecule has 0 amide bonds. The zero-order valence-electron chi connectivity index (χ0n) is 8.52. The second-order valence-corrected chi connectivity index (χ2v) is 5.29. The predicted molar refractivity (Wildman–Crippen MR) is 53.0 cm³/mol. The number of aliphatic hydroxyl groups is 1. The Labute approximate surface area is 80.6 Å². The van der Waals surface area contributed by atoms with Crippen molar-refractivity contribution in [2.45, 2.75) is 33.2 Å². The SMILES string of the molecule is CCCN(C(C)C)S(=O)(=O)CCO. The van der Waals surface area contributed by atoms with Crippen LogP contribution in [0.3, 0.4) is 0 Å². The van der Waals surface area contributed by atoms with Crippen LogP contribution in [0.5, 0.6) is 0 Å². The van der Waals surface area contributed by atoms with Crippen LogP contribution in [0.15, 0.2) is 0 Å². The Balaban J connectivity index is 4.53. The Bertz CT molecular complexity index is 224. The van der Waals surface area contributed by atoms with E-state index in [-0.39, 0.29) is 18.4 Å². The molecule has 0 atom stereocenters. The summed E-state index contributed by atoms with van der Waals surface area (Å²) in [5, 5.41) is 8.59. The Morgan fingerprint density at radius 3 is 2.23 bits per heavy atom. The van der Waals surface area contributed by atoms with E-state index in [2.05, 4.69) is 0 Å². The van der Waals surface area contributed by atoms with Gasteiger partial charge in [0.25, 0.3) is 0 Å². The highest BCUT2D eigenvalue weighted by atomic mass is 32.2. The van der Waals surface area contributed by atoms with Gasteiger partial charge in [0, 0.05) is 12.6 Å². The van der Waals surface area contributed by atoms with Gasteiger partial charge in [-0.1, -0.05) is 6.92 Å². The van der Waals surface area contributed by atoms with E-state index in [0.717, 1.165) is 6.42 Å². The maximum absolute atomic E-state index is 11.5. The normalized spacial score (nSPS) is 12.8. The first kappa shape index (κ1) is 12.9. The van der Waals surface area contributed by atoms with E-state index in [0.29, 0.717) is 6.54 Å². The van der Waals surface area contributed by atoms with Crippen LogP contribution >= 0.6 is 0 Å². The van der Waals surface area contributed by atoms with Gasteiger partial charge in [0.05, 0.1) is 12.4 Å². The van der Waals surface area contributed by atoms with E-state index in [1.165, 1.54) is 4.31 Å². The molecule has 13 heavy (non-hydrogen) atoms. The Kier molecular flexibility index (Phi) is 5.51. The molecule has 0 bridgehead atoms. The second-order valence-electron chi connectivity index (χ2n) is 3.24. The van der Waals surface area contributed by atoms with Crippen LogP contribution in [0, 0.1) is 0 Å². The molecule has 4 nitrogen and oxygen atoms in total. The van der Waals surface area contributed by atoms with Gasteiger partial charge in [0.15, 0.2) is 0 Å². The lowest BCUT2D eigenvalue weighted by Gasteiger charge is -2.24. The van der Waals surface area contributed by atoms with E-state index in [9.17, 15) is 8.42 Å².